The predicted octanol–water partition coefficient (Wildman–Crippen LogP) is 3.28. The standard InChI is InChI=1S/C18H30N2O/c1-15-12-16(2)14-18(13-15)21-11-5-10-20-9-4-3-6-17(20)7-8-19/h12-14,17H,3-11,19H2,1-2H3. The van der Waals surface area contributed by atoms with Crippen LogP contribution in [0.5, 0.6) is 5.75 Å². The monoisotopic (exact) mass is 290 g/mol. The molecule has 0 saturated carbocycles. The van der Waals surface area contributed by atoms with Crippen molar-refractivity contribution in [2.45, 2.75) is 52.0 Å². The summed E-state index contributed by atoms with van der Waals surface area (Å²) in [5, 5.41) is 0. The summed E-state index contributed by atoms with van der Waals surface area (Å²) in [6.07, 6.45) is 6.24. The van der Waals surface area contributed by atoms with E-state index in [9.17, 15) is 0 Å². The molecule has 118 valence electrons. The van der Waals surface area contributed by atoms with E-state index in [1.54, 1.807) is 0 Å². The minimum absolute atomic E-state index is 0.699. The van der Waals surface area contributed by atoms with Gasteiger partial charge in [-0.1, -0.05) is 12.5 Å². The summed E-state index contributed by atoms with van der Waals surface area (Å²) in [7, 11) is 0. The van der Waals surface area contributed by atoms with Gasteiger partial charge in [-0.25, -0.2) is 0 Å². The Kier molecular flexibility index (Phi) is 6.52. The van der Waals surface area contributed by atoms with E-state index < -0.39 is 0 Å². The van der Waals surface area contributed by atoms with Crippen LogP contribution in [0.4, 0.5) is 0 Å². The Labute approximate surface area is 129 Å². The zero-order valence-electron chi connectivity index (χ0n) is 13.6. The summed E-state index contributed by atoms with van der Waals surface area (Å²) in [5.41, 5.74) is 8.26. The number of likely N-dealkylation sites (tertiary alicyclic amines) is 1. The molecule has 21 heavy (non-hydrogen) atoms. The largest absolute Gasteiger partial charge is 0.494 e. The molecule has 0 spiro atoms. The van der Waals surface area contributed by atoms with Crippen molar-refractivity contribution in [2.75, 3.05) is 26.2 Å². The van der Waals surface area contributed by atoms with Gasteiger partial charge in [0.15, 0.2) is 0 Å². The second-order valence-electron chi connectivity index (χ2n) is 6.29. The predicted molar refractivity (Wildman–Crippen MR) is 88.9 cm³/mol. The van der Waals surface area contributed by atoms with E-state index in [2.05, 4.69) is 36.9 Å². The van der Waals surface area contributed by atoms with Gasteiger partial charge >= 0.3 is 0 Å². The smallest absolute Gasteiger partial charge is 0.119 e. The van der Waals surface area contributed by atoms with Crippen molar-refractivity contribution in [1.29, 1.82) is 0 Å². The molecule has 1 heterocycles. The molecule has 1 fully saturated rings. The topological polar surface area (TPSA) is 38.5 Å². The van der Waals surface area contributed by atoms with Crippen LogP contribution in [0.3, 0.4) is 0 Å². The van der Waals surface area contributed by atoms with Gasteiger partial charge in [0.1, 0.15) is 5.75 Å². The van der Waals surface area contributed by atoms with Crippen LogP contribution in [0.2, 0.25) is 0 Å². The second-order valence-corrected chi connectivity index (χ2v) is 6.29. The number of hydrogen-bond donors (Lipinski definition) is 1. The minimum atomic E-state index is 0.699. The summed E-state index contributed by atoms with van der Waals surface area (Å²) < 4.78 is 5.90. The Morgan fingerprint density at radius 2 is 1.95 bits per heavy atom. The van der Waals surface area contributed by atoms with Gasteiger partial charge in [0.2, 0.25) is 0 Å². The van der Waals surface area contributed by atoms with Gasteiger partial charge in [0.05, 0.1) is 6.61 Å². The SMILES string of the molecule is Cc1cc(C)cc(OCCCN2CCCCC2CCN)c1. The maximum atomic E-state index is 5.90. The molecule has 0 aromatic heterocycles. The lowest BCUT2D eigenvalue weighted by Crippen LogP contribution is -2.41. The molecule has 2 N–H and O–H groups in total. The van der Waals surface area contributed by atoms with Gasteiger partial charge in [-0.2, -0.15) is 0 Å². The fraction of sp³-hybridized carbons (Fsp3) is 0.667. The van der Waals surface area contributed by atoms with Gasteiger partial charge in [0.25, 0.3) is 0 Å². The van der Waals surface area contributed by atoms with Gasteiger partial charge in [-0.3, -0.25) is 0 Å². The lowest BCUT2D eigenvalue weighted by molar-refractivity contribution is 0.132. The fourth-order valence-corrected chi connectivity index (χ4v) is 3.35. The van der Waals surface area contributed by atoms with Crippen molar-refractivity contribution in [1.82, 2.24) is 4.90 Å². The lowest BCUT2D eigenvalue weighted by Gasteiger charge is -2.35. The summed E-state index contributed by atoms with van der Waals surface area (Å²) in [6.45, 7) is 8.20. The molecule has 0 amide bonds. The van der Waals surface area contributed by atoms with Crippen LogP contribution in [0.25, 0.3) is 0 Å². The molecule has 1 atom stereocenters. The molecule has 1 unspecified atom stereocenters. The summed E-state index contributed by atoms with van der Waals surface area (Å²) >= 11 is 0. The Morgan fingerprint density at radius 3 is 2.67 bits per heavy atom. The Morgan fingerprint density at radius 1 is 1.19 bits per heavy atom. The number of hydrogen-bond acceptors (Lipinski definition) is 3. The van der Waals surface area contributed by atoms with Gasteiger partial charge in [0, 0.05) is 12.6 Å². The highest BCUT2D eigenvalue weighted by Gasteiger charge is 2.20. The van der Waals surface area contributed by atoms with Gasteiger partial charge < -0.3 is 15.4 Å². The molecule has 1 aromatic carbocycles. The number of ether oxygens (including phenoxy) is 1. The highest BCUT2D eigenvalue weighted by Crippen LogP contribution is 2.20. The lowest BCUT2D eigenvalue weighted by atomic mass is 9.99. The molecule has 1 saturated heterocycles. The van der Waals surface area contributed by atoms with Crippen molar-refractivity contribution in [2.24, 2.45) is 5.73 Å². The number of benzene rings is 1. The van der Waals surface area contributed by atoms with Gasteiger partial charge in [-0.05, 0) is 75.9 Å². The molecule has 3 heteroatoms. The quantitative estimate of drug-likeness (QED) is 0.783. The summed E-state index contributed by atoms with van der Waals surface area (Å²) in [4.78, 5) is 2.61. The molecule has 0 aliphatic carbocycles. The highest BCUT2D eigenvalue weighted by molar-refractivity contribution is 5.32. The van der Waals surface area contributed by atoms with Crippen LogP contribution in [0.15, 0.2) is 18.2 Å². The van der Waals surface area contributed by atoms with Crippen LogP contribution >= 0.6 is 0 Å². The van der Waals surface area contributed by atoms with Crippen molar-refractivity contribution in [3.8, 4) is 5.75 Å². The first-order valence-electron chi connectivity index (χ1n) is 8.34. The normalized spacial score (nSPS) is 19.7. The van der Waals surface area contributed by atoms with Crippen molar-refractivity contribution in [3.63, 3.8) is 0 Å². The molecule has 0 bridgehead atoms. The summed E-state index contributed by atoms with van der Waals surface area (Å²) in [6, 6.07) is 7.11. The van der Waals surface area contributed by atoms with E-state index in [4.69, 9.17) is 10.5 Å². The Hall–Kier alpha value is -1.06. The van der Waals surface area contributed by atoms with Gasteiger partial charge in [-0.15, -0.1) is 0 Å². The highest BCUT2D eigenvalue weighted by atomic mass is 16.5. The number of aryl methyl sites for hydroxylation is 2. The average Bonchev–Trinajstić information content (AvgIpc) is 2.44. The van der Waals surface area contributed by atoms with E-state index in [-0.39, 0.29) is 0 Å². The third kappa shape index (κ3) is 5.33. The molecule has 0 radical (unpaired) electrons. The zero-order chi connectivity index (χ0) is 15.1. The van der Waals surface area contributed by atoms with E-state index in [1.807, 2.05) is 0 Å². The number of piperidine rings is 1. The fourth-order valence-electron chi connectivity index (χ4n) is 3.35. The van der Waals surface area contributed by atoms with Crippen LogP contribution in [0, 0.1) is 13.8 Å². The van der Waals surface area contributed by atoms with E-state index in [0.29, 0.717) is 6.04 Å². The zero-order valence-corrected chi connectivity index (χ0v) is 13.6. The van der Waals surface area contributed by atoms with Crippen LogP contribution in [-0.2, 0) is 0 Å². The number of nitrogens with zero attached hydrogens (tertiary/aromatic N) is 1. The molecule has 2 rings (SSSR count). The maximum Gasteiger partial charge on any atom is 0.119 e. The minimum Gasteiger partial charge on any atom is -0.494 e. The first-order chi connectivity index (χ1) is 10.2. The second kappa shape index (κ2) is 8.40. The Bertz CT molecular complexity index is 411. The molecular formula is C18H30N2O. The van der Waals surface area contributed by atoms with Crippen molar-refractivity contribution >= 4 is 0 Å². The van der Waals surface area contributed by atoms with E-state index >= 15 is 0 Å². The number of nitrogens with two attached hydrogens (primary N) is 1. The van der Waals surface area contributed by atoms with Crippen molar-refractivity contribution in [3.05, 3.63) is 29.3 Å². The first kappa shape index (κ1) is 16.3. The van der Waals surface area contributed by atoms with Crippen molar-refractivity contribution < 1.29 is 4.74 Å². The van der Waals surface area contributed by atoms with Crippen LogP contribution < -0.4 is 10.5 Å². The third-order valence-corrected chi connectivity index (χ3v) is 4.30. The van der Waals surface area contributed by atoms with Crippen LogP contribution in [0.1, 0.15) is 43.2 Å². The van der Waals surface area contributed by atoms with E-state index in [0.717, 1.165) is 38.3 Å². The van der Waals surface area contributed by atoms with Crippen LogP contribution in [-0.4, -0.2) is 37.2 Å². The molecule has 1 aliphatic rings. The molecular weight excluding hydrogens is 260 g/mol. The molecule has 1 aliphatic heterocycles. The molecule has 1 aromatic rings. The average molecular weight is 290 g/mol. The maximum absolute atomic E-state index is 5.90. The third-order valence-electron chi connectivity index (χ3n) is 4.30. The first-order valence-corrected chi connectivity index (χ1v) is 8.34. The molecule has 3 nitrogen and oxygen atoms in total. The van der Waals surface area contributed by atoms with E-state index in [1.165, 1.54) is 36.9 Å². The Balaban J connectivity index is 1.73. The number of rotatable bonds is 7. The summed E-state index contributed by atoms with van der Waals surface area (Å²) in [5.74, 6) is 1.00.